The fourth-order valence-electron chi connectivity index (χ4n) is 2.88. The Morgan fingerprint density at radius 3 is 2.22 bits per heavy atom. The van der Waals surface area contributed by atoms with Gasteiger partial charge in [-0.05, 0) is 24.6 Å². The molecule has 0 fully saturated rings. The molecule has 0 aromatic heterocycles. The van der Waals surface area contributed by atoms with Crippen LogP contribution in [0.25, 0.3) is 0 Å². The number of aromatic carboxylic acids is 1. The van der Waals surface area contributed by atoms with Crippen molar-refractivity contribution in [3.63, 3.8) is 0 Å². The molecule has 5 nitrogen and oxygen atoms in total. The highest BCUT2D eigenvalue weighted by atomic mass is 16.5. The molecule has 0 saturated carbocycles. The molecule has 144 valence electrons. The molecule has 0 bridgehead atoms. The third-order valence-electron chi connectivity index (χ3n) is 4.38. The Morgan fingerprint density at radius 1 is 0.889 bits per heavy atom. The minimum absolute atomic E-state index is 0.0426. The van der Waals surface area contributed by atoms with E-state index in [1.54, 1.807) is 18.2 Å². The van der Waals surface area contributed by atoms with E-state index in [4.69, 9.17) is 4.74 Å². The van der Waals surface area contributed by atoms with Gasteiger partial charge in [0, 0.05) is 11.6 Å². The van der Waals surface area contributed by atoms with Gasteiger partial charge in [0.15, 0.2) is 5.78 Å². The number of rotatable bonds is 11. The summed E-state index contributed by atoms with van der Waals surface area (Å²) in [6, 6.07) is 10.4. The molecule has 0 radical (unpaired) electrons. The van der Waals surface area contributed by atoms with Gasteiger partial charge >= 0.3 is 5.97 Å². The van der Waals surface area contributed by atoms with Gasteiger partial charge < -0.3 is 14.9 Å². The Labute approximate surface area is 159 Å². The van der Waals surface area contributed by atoms with Crippen molar-refractivity contribution in [1.29, 1.82) is 0 Å². The Hall–Kier alpha value is -2.82. The molecule has 0 saturated heterocycles. The molecule has 0 aliphatic rings. The number of carbonyl (C=O) groups excluding carboxylic acids is 1. The average molecular weight is 370 g/mol. The van der Waals surface area contributed by atoms with Crippen LogP contribution in [0.15, 0.2) is 42.5 Å². The van der Waals surface area contributed by atoms with Crippen molar-refractivity contribution >= 4 is 11.8 Å². The standard InChI is InChI=1S/C22H26O5/c1-2-3-4-5-6-9-14-27-16-12-13-19(20(23)15-16)21(24)17-10-7-8-11-18(17)22(25)26/h7-8,10-13,15,23H,2-6,9,14H2,1H3,(H,25,26). The molecule has 0 atom stereocenters. The SMILES string of the molecule is CCCCCCCCOc1ccc(C(=O)c2ccccc2C(=O)O)c(O)c1. The number of aromatic hydroxyl groups is 1. The fourth-order valence-corrected chi connectivity index (χ4v) is 2.88. The molecule has 2 aromatic carbocycles. The second-order valence-corrected chi connectivity index (χ2v) is 6.48. The summed E-state index contributed by atoms with van der Waals surface area (Å²) in [5.41, 5.74) is 0.00182. The van der Waals surface area contributed by atoms with E-state index in [1.165, 1.54) is 49.9 Å². The Kier molecular flexibility index (Phi) is 7.86. The zero-order valence-corrected chi connectivity index (χ0v) is 15.6. The summed E-state index contributed by atoms with van der Waals surface area (Å²) >= 11 is 0. The van der Waals surface area contributed by atoms with Crippen LogP contribution in [-0.2, 0) is 0 Å². The summed E-state index contributed by atoms with van der Waals surface area (Å²) in [5, 5.41) is 19.4. The minimum atomic E-state index is -1.18. The predicted molar refractivity (Wildman–Crippen MR) is 104 cm³/mol. The molecule has 27 heavy (non-hydrogen) atoms. The monoisotopic (exact) mass is 370 g/mol. The van der Waals surface area contributed by atoms with Crippen molar-refractivity contribution in [2.24, 2.45) is 0 Å². The fraction of sp³-hybridized carbons (Fsp3) is 0.364. The first-order chi connectivity index (χ1) is 13.0. The summed E-state index contributed by atoms with van der Waals surface area (Å²) in [5.74, 6) is -1.45. The van der Waals surface area contributed by atoms with Gasteiger partial charge in [0.25, 0.3) is 0 Å². The zero-order chi connectivity index (χ0) is 19.6. The number of unbranched alkanes of at least 4 members (excludes halogenated alkanes) is 5. The zero-order valence-electron chi connectivity index (χ0n) is 15.6. The van der Waals surface area contributed by atoms with Gasteiger partial charge in [-0.15, -0.1) is 0 Å². The van der Waals surface area contributed by atoms with Gasteiger partial charge in [-0.1, -0.05) is 57.2 Å². The summed E-state index contributed by atoms with van der Waals surface area (Å²) < 4.78 is 5.63. The van der Waals surface area contributed by atoms with Crippen LogP contribution in [0.2, 0.25) is 0 Å². The van der Waals surface area contributed by atoms with Gasteiger partial charge in [0.05, 0.1) is 17.7 Å². The Balaban J connectivity index is 1.98. The summed E-state index contributed by atoms with van der Waals surface area (Å²) in [6.45, 7) is 2.74. The third-order valence-corrected chi connectivity index (χ3v) is 4.38. The van der Waals surface area contributed by atoms with Gasteiger partial charge in [-0.25, -0.2) is 4.79 Å². The summed E-state index contributed by atoms with van der Waals surface area (Å²) in [4.78, 5) is 23.9. The Morgan fingerprint density at radius 2 is 1.56 bits per heavy atom. The summed E-state index contributed by atoms with van der Waals surface area (Å²) in [6.07, 6.45) is 6.96. The van der Waals surface area contributed by atoms with Crippen molar-refractivity contribution < 1.29 is 24.5 Å². The predicted octanol–water partition coefficient (Wildman–Crippen LogP) is 5.06. The van der Waals surface area contributed by atoms with Gasteiger partial charge in [-0.3, -0.25) is 4.79 Å². The van der Waals surface area contributed by atoms with Crippen LogP contribution < -0.4 is 4.74 Å². The highest BCUT2D eigenvalue weighted by Crippen LogP contribution is 2.27. The highest BCUT2D eigenvalue weighted by Gasteiger charge is 2.20. The number of hydrogen-bond donors (Lipinski definition) is 2. The van der Waals surface area contributed by atoms with E-state index in [-0.39, 0.29) is 22.4 Å². The smallest absolute Gasteiger partial charge is 0.336 e. The van der Waals surface area contributed by atoms with Crippen LogP contribution in [0.5, 0.6) is 11.5 Å². The number of carboxylic acids is 1. The van der Waals surface area contributed by atoms with E-state index < -0.39 is 11.8 Å². The number of benzene rings is 2. The van der Waals surface area contributed by atoms with Gasteiger partial charge in [-0.2, -0.15) is 0 Å². The van der Waals surface area contributed by atoms with E-state index in [9.17, 15) is 19.8 Å². The first kappa shape index (κ1) is 20.5. The summed E-state index contributed by atoms with van der Waals surface area (Å²) in [7, 11) is 0. The first-order valence-corrected chi connectivity index (χ1v) is 9.37. The van der Waals surface area contributed by atoms with E-state index in [0.717, 1.165) is 12.8 Å². The van der Waals surface area contributed by atoms with Crippen LogP contribution >= 0.6 is 0 Å². The van der Waals surface area contributed by atoms with Crippen LogP contribution in [-0.4, -0.2) is 28.6 Å². The number of phenols is 1. The maximum Gasteiger partial charge on any atom is 0.336 e. The molecule has 0 spiro atoms. The lowest BCUT2D eigenvalue weighted by molar-refractivity contribution is 0.0692. The van der Waals surface area contributed by atoms with Gasteiger partial charge in [0.1, 0.15) is 11.5 Å². The molecule has 2 aromatic rings. The van der Waals surface area contributed by atoms with E-state index in [0.29, 0.717) is 12.4 Å². The van der Waals surface area contributed by atoms with Crippen molar-refractivity contribution in [2.45, 2.75) is 45.4 Å². The van der Waals surface area contributed by atoms with E-state index in [1.807, 2.05) is 0 Å². The highest BCUT2D eigenvalue weighted by molar-refractivity contribution is 6.15. The average Bonchev–Trinajstić information content (AvgIpc) is 2.67. The number of carbonyl (C=O) groups is 2. The largest absolute Gasteiger partial charge is 0.507 e. The molecular weight excluding hydrogens is 344 g/mol. The number of phenolic OH excluding ortho intramolecular Hbond substituents is 1. The molecule has 0 aliphatic carbocycles. The first-order valence-electron chi connectivity index (χ1n) is 9.37. The maximum atomic E-state index is 12.6. The molecule has 0 aliphatic heterocycles. The maximum absolute atomic E-state index is 12.6. The molecular formula is C22H26O5. The molecule has 0 heterocycles. The molecule has 0 unspecified atom stereocenters. The normalized spacial score (nSPS) is 10.6. The second-order valence-electron chi connectivity index (χ2n) is 6.48. The van der Waals surface area contributed by atoms with Crippen molar-refractivity contribution in [3.8, 4) is 11.5 Å². The van der Waals surface area contributed by atoms with E-state index >= 15 is 0 Å². The molecule has 5 heteroatoms. The van der Waals surface area contributed by atoms with Crippen molar-refractivity contribution in [2.75, 3.05) is 6.61 Å². The Bertz CT molecular complexity index is 782. The number of carboxylic acid groups (broad SMARTS) is 1. The van der Waals surface area contributed by atoms with Crippen molar-refractivity contribution in [1.82, 2.24) is 0 Å². The van der Waals surface area contributed by atoms with Crippen LogP contribution in [0, 0.1) is 0 Å². The van der Waals surface area contributed by atoms with E-state index in [2.05, 4.69) is 6.92 Å². The number of hydrogen-bond acceptors (Lipinski definition) is 4. The molecule has 2 N–H and O–H groups in total. The van der Waals surface area contributed by atoms with Crippen LogP contribution in [0.1, 0.15) is 71.7 Å². The second kappa shape index (κ2) is 10.4. The lowest BCUT2D eigenvalue weighted by Crippen LogP contribution is -2.09. The third kappa shape index (κ3) is 5.84. The quantitative estimate of drug-likeness (QED) is 0.427. The van der Waals surface area contributed by atoms with Gasteiger partial charge in [0.2, 0.25) is 0 Å². The lowest BCUT2D eigenvalue weighted by Gasteiger charge is -2.10. The van der Waals surface area contributed by atoms with Crippen molar-refractivity contribution in [3.05, 3.63) is 59.2 Å². The molecule has 2 rings (SSSR count). The number of ether oxygens (including phenoxy) is 1. The lowest BCUT2D eigenvalue weighted by atomic mass is 9.97. The molecule has 0 amide bonds. The minimum Gasteiger partial charge on any atom is -0.507 e. The number of ketones is 1. The topological polar surface area (TPSA) is 83.8 Å². The van der Waals surface area contributed by atoms with Crippen LogP contribution in [0.4, 0.5) is 0 Å². The van der Waals surface area contributed by atoms with Crippen LogP contribution in [0.3, 0.4) is 0 Å².